The lowest BCUT2D eigenvalue weighted by molar-refractivity contribution is 0.467. The predicted octanol–water partition coefficient (Wildman–Crippen LogP) is 4.72. The van der Waals surface area contributed by atoms with Gasteiger partial charge in [-0.15, -0.1) is 0 Å². The van der Waals surface area contributed by atoms with Crippen molar-refractivity contribution in [3.63, 3.8) is 0 Å². The van der Waals surface area contributed by atoms with E-state index in [1.807, 2.05) is 44.2 Å². The smallest absolute Gasteiger partial charge is 0.126 e. The van der Waals surface area contributed by atoms with Crippen molar-refractivity contribution < 1.29 is 4.42 Å². The van der Waals surface area contributed by atoms with Gasteiger partial charge in [0.1, 0.15) is 11.5 Å². The van der Waals surface area contributed by atoms with Crippen molar-refractivity contribution in [2.45, 2.75) is 26.8 Å². The van der Waals surface area contributed by atoms with Crippen molar-refractivity contribution in [1.29, 1.82) is 0 Å². The van der Waals surface area contributed by atoms with E-state index in [4.69, 9.17) is 16.0 Å². The highest BCUT2D eigenvalue weighted by atomic mass is 35.5. The number of aryl methyl sites for hydroxylation is 2. The number of rotatable bonds is 3. The molecule has 1 atom stereocenters. The fraction of sp³-hybridized carbons (Fsp3) is 0.286. The average Bonchev–Trinajstić information content (AvgIpc) is 2.69. The third-order valence-electron chi connectivity index (χ3n) is 2.75. The van der Waals surface area contributed by atoms with Crippen LogP contribution in [0.1, 0.15) is 30.0 Å². The Bertz CT molecular complexity index is 519. The summed E-state index contributed by atoms with van der Waals surface area (Å²) in [6.45, 7) is 6.06. The van der Waals surface area contributed by atoms with E-state index in [1.54, 1.807) is 0 Å². The van der Waals surface area contributed by atoms with Crippen LogP contribution < -0.4 is 5.32 Å². The molecule has 3 heteroatoms. The Hall–Kier alpha value is -1.41. The van der Waals surface area contributed by atoms with Gasteiger partial charge in [0.15, 0.2) is 0 Å². The van der Waals surface area contributed by atoms with Gasteiger partial charge in [0.05, 0.1) is 6.04 Å². The van der Waals surface area contributed by atoms with Crippen molar-refractivity contribution in [2.24, 2.45) is 0 Å². The van der Waals surface area contributed by atoms with Crippen LogP contribution in [0.2, 0.25) is 5.02 Å². The van der Waals surface area contributed by atoms with Crippen molar-refractivity contribution in [3.8, 4) is 0 Å². The highest BCUT2D eigenvalue weighted by Crippen LogP contribution is 2.25. The molecule has 2 aromatic rings. The average molecular weight is 250 g/mol. The molecule has 0 spiro atoms. The van der Waals surface area contributed by atoms with Gasteiger partial charge < -0.3 is 9.73 Å². The summed E-state index contributed by atoms with van der Waals surface area (Å²) in [5.41, 5.74) is 2.21. The third kappa shape index (κ3) is 2.83. The molecule has 1 aromatic heterocycles. The van der Waals surface area contributed by atoms with Gasteiger partial charge in [0.25, 0.3) is 0 Å². The summed E-state index contributed by atoms with van der Waals surface area (Å²) in [6, 6.07) is 9.94. The van der Waals surface area contributed by atoms with Crippen molar-refractivity contribution in [3.05, 3.63) is 52.4 Å². The van der Waals surface area contributed by atoms with Gasteiger partial charge in [0.2, 0.25) is 0 Å². The summed E-state index contributed by atoms with van der Waals surface area (Å²) in [4.78, 5) is 0. The van der Waals surface area contributed by atoms with Crippen molar-refractivity contribution >= 4 is 17.3 Å². The van der Waals surface area contributed by atoms with Crippen LogP contribution in [-0.2, 0) is 0 Å². The van der Waals surface area contributed by atoms with E-state index in [0.29, 0.717) is 0 Å². The van der Waals surface area contributed by atoms with Crippen LogP contribution in [0.4, 0.5) is 5.69 Å². The minimum atomic E-state index is 0.142. The number of anilines is 1. The predicted molar refractivity (Wildman–Crippen MR) is 71.7 cm³/mol. The molecule has 1 aromatic carbocycles. The third-order valence-corrected chi connectivity index (χ3v) is 2.98. The quantitative estimate of drug-likeness (QED) is 0.851. The van der Waals surface area contributed by atoms with Gasteiger partial charge in [-0.3, -0.25) is 0 Å². The molecule has 1 heterocycles. The summed E-state index contributed by atoms with van der Waals surface area (Å²) < 4.78 is 5.59. The molecule has 1 N–H and O–H groups in total. The fourth-order valence-electron chi connectivity index (χ4n) is 1.78. The lowest BCUT2D eigenvalue weighted by Gasteiger charge is -2.15. The molecule has 0 saturated heterocycles. The maximum Gasteiger partial charge on any atom is 0.126 e. The van der Waals surface area contributed by atoms with E-state index in [0.717, 1.165) is 27.8 Å². The second-order valence-electron chi connectivity index (χ2n) is 4.27. The number of furan rings is 1. The van der Waals surface area contributed by atoms with Gasteiger partial charge in [-0.2, -0.15) is 0 Å². The van der Waals surface area contributed by atoms with Gasteiger partial charge >= 0.3 is 0 Å². The SMILES string of the molecule is Cc1ccc(C(C)Nc2ccc(Cl)cc2C)o1. The highest BCUT2D eigenvalue weighted by Gasteiger charge is 2.10. The number of hydrogen-bond donors (Lipinski definition) is 1. The van der Waals surface area contributed by atoms with Crippen molar-refractivity contribution in [2.75, 3.05) is 5.32 Å². The van der Waals surface area contributed by atoms with E-state index in [9.17, 15) is 0 Å². The molecule has 2 rings (SSSR count). The molecular formula is C14H16ClNO. The van der Waals surface area contributed by atoms with Gasteiger partial charge in [0, 0.05) is 10.7 Å². The molecular weight excluding hydrogens is 234 g/mol. The zero-order valence-corrected chi connectivity index (χ0v) is 11.0. The van der Waals surface area contributed by atoms with Crippen LogP contribution in [0.15, 0.2) is 34.7 Å². The molecule has 90 valence electrons. The number of nitrogens with one attached hydrogen (secondary N) is 1. The zero-order chi connectivity index (χ0) is 12.4. The van der Waals surface area contributed by atoms with Gasteiger partial charge in [-0.25, -0.2) is 0 Å². The van der Waals surface area contributed by atoms with Crippen molar-refractivity contribution in [1.82, 2.24) is 0 Å². The molecule has 1 unspecified atom stereocenters. The van der Waals surface area contributed by atoms with Crippen LogP contribution in [0.25, 0.3) is 0 Å². The summed E-state index contributed by atoms with van der Waals surface area (Å²) in [5.74, 6) is 1.87. The highest BCUT2D eigenvalue weighted by molar-refractivity contribution is 6.30. The summed E-state index contributed by atoms with van der Waals surface area (Å²) in [7, 11) is 0. The van der Waals surface area contributed by atoms with Gasteiger partial charge in [-0.1, -0.05) is 11.6 Å². The standard InChI is InChI=1S/C14H16ClNO/c1-9-8-12(15)5-6-13(9)16-11(3)14-7-4-10(2)17-14/h4-8,11,16H,1-3H3. The lowest BCUT2D eigenvalue weighted by Crippen LogP contribution is -2.06. The Balaban J connectivity index is 2.15. The Kier molecular flexibility index (Phi) is 3.43. The van der Waals surface area contributed by atoms with Crippen LogP contribution >= 0.6 is 11.6 Å². The van der Waals surface area contributed by atoms with Crippen LogP contribution in [0.5, 0.6) is 0 Å². The molecule has 0 amide bonds. The number of hydrogen-bond acceptors (Lipinski definition) is 2. The minimum Gasteiger partial charge on any atom is -0.464 e. The molecule has 0 aliphatic carbocycles. The van der Waals surface area contributed by atoms with E-state index in [-0.39, 0.29) is 6.04 Å². The molecule has 0 aliphatic heterocycles. The fourth-order valence-corrected chi connectivity index (χ4v) is 2.01. The van der Waals surface area contributed by atoms with E-state index in [2.05, 4.69) is 12.2 Å². The van der Waals surface area contributed by atoms with Gasteiger partial charge in [-0.05, 0) is 56.7 Å². The molecule has 0 radical (unpaired) electrons. The minimum absolute atomic E-state index is 0.142. The molecule has 0 bridgehead atoms. The van der Waals surface area contributed by atoms with E-state index >= 15 is 0 Å². The van der Waals surface area contributed by atoms with Crippen LogP contribution in [0, 0.1) is 13.8 Å². The first-order chi connectivity index (χ1) is 8.06. The number of benzene rings is 1. The van der Waals surface area contributed by atoms with E-state index < -0.39 is 0 Å². The second kappa shape index (κ2) is 4.84. The first-order valence-corrected chi connectivity index (χ1v) is 6.03. The maximum absolute atomic E-state index is 5.93. The summed E-state index contributed by atoms with van der Waals surface area (Å²) >= 11 is 5.93. The Morgan fingerprint density at radius 1 is 1.18 bits per heavy atom. The Labute approximate surface area is 107 Å². The zero-order valence-electron chi connectivity index (χ0n) is 10.3. The summed E-state index contributed by atoms with van der Waals surface area (Å²) in [5, 5.41) is 4.17. The molecule has 2 nitrogen and oxygen atoms in total. The molecule has 0 aliphatic rings. The second-order valence-corrected chi connectivity index (χ2v) is 4.71. The monoisotopic (exact) mass is 249 g/mol. The van der Waals surface area contributed by atoms with Crippen LogP contribution in [0.3, 0.4) is 0 Å². The Morgan fingerprint density at radius 2 is 1.94 bits per heavy atom. The normalized spacial score (nSPS) is 12.5. The first kappa shape index (κ1) is 12.1. The Morgan fingerprint density at radius 3 is 2.53 bits per heavy atom. The van der Waals surface area contributed by atoms with Crippen LogP contribution in [-0.4, -0.2) is 0 Å². The largest absolute Gasteiger partial charge is 0.464 e. The molecule has 0 fully saturated rings. The van der Waals surface area contributed by atoms with E-state index in [1.165, 1.54) is 0 Å². The first-order valence-electron chi connectivity index (χ1n) is 5.65. The molecule has 17 heavy (non-hydrogen) atoms. The lowest BCUT2D eigenvalue weighted by atomic mass is 10.1. The maximum atomic E-state index is 5.93. The molecule has 0 saturated carbocycles. The summed E-state index contributed by atoms with van der Waals surface area (Å²) in [6.07, 6.45) is 0. The number of halogens is 1. The topological polar surface area (TPSA) is 25.2 Å².